The minimum Gasteiger partial charge on any atom is -0.455 e. The number of nitrogens with zero attached hydrogens (tertiary/aromatic N) is 1. The van der Waals surface area contributed by atoms with Crippen molar-refractivity contribution in [1.82, 2.24) is 0 Å². The topological polar surface area (TPSA) is 16.4 Å². The van der Waals surface area contributed by atoms with Crippen LogP contribution >= 0.6 is 11.3 Å². The molecule has 0 saturated heterocycles. The van der Waals surface area contributed by atoms with Crippen LogP contribution in [0.5, 0.6) is 0 Å². The van der Waals surface area contributed by atoms with E-state index in [2.05, 4.69) is 217 Å². The fourth-order valence-corrected chi connectivity index (χ4v) is 10.6. The second-order valence-electron chi connectivity index (χ2n) is 15.6. The molecular weight excluding hydrogens is 759 g/mol. The molecule has 2 heterocycles. The third kappa shape index (κ3) is 5.85. The summed E-state index contributed by atoms with van der Waals surface area (Å²) in [5.41, 5.74) is 14.4. The average Bonchev–Trinajstić information content (AvgIpc) is 3.91. The zero-order valence-corrected chi connectivity index (χ0v) is 33.9. The van der Waals surface area contributed by atoms with Gasteiger partial charge in [-0.05, 0) is 69.4 Å². The summed E-state index contributed by atoms with van der Waals surface area (Å²) in [5, 5.41) is 7.29. The molecule has 3 heteroatoms. The number of para-hydroxylation sites is 4. The maximum Gasteiger partial charge on any atom is 0.143 e. The van der Waals surface area contributed by atoms with Gasteiger partial charge in [0.25, 0.3) is 0 Å². The minimum absolute atomic E-state index is 0.901. The number of hydrogen-bond donors (Lipinski definition) is 0. The van der Waals surface area contributed by atoms with Crippen LogP contribution in [0.2, 0.25) is 0 Å². The van der Waals surface area contributed by atoms with E-state index in [0.29, 0.717) is 0 Å². The summed E-state index contributed by atoms with van der Waals surface area (Å²) in [6.45, 7) is 0. The minimum atomic E-state index is 0.901. The monoisotopic (exact) mass is 795 g/mol. The molecule has 0 aliphatic carbocycles. The first-order valence-corrected chi connectivity index (χ1v) is 21.6. The van der Waals surface area contributed by atoms with Crippen molar-refractivity contribution in [3.63, 3.8) is 0 Å². The third-order valence-electron chi connectivity index (χ3n) is 12.1. The van der Waals surface area contributed by atoms with Crippen LogP contribution in [-0.2, 0) is 0 Å². The third-order valence-corrected chi connectivity index (χ3v) is 13.3. The van der Waals surface area contributed by atoms with Gasteiger partial charge in [0.2, 0.25) is 0 Å². The number of furan rings is 1. The predicted molar refractivity (Wildman–Crippen MR) is 261 cm³/mol. The molecule has 0 bridgehead atoms. The Morgan fingerprint density at radius 3 is 1.67 bits per heavy atom. The Bertz CT molecular complexity index is 3590. The summed E-state index contributed by atoms with van der Waals surface area (Å²) in [6, 6.07) is 81.2. The van der Waals surface area contributed by atoms with Crippen LogP contribution in [0.3, 0.4) is 0 Å². The highest BCUT2D eigenvalue weighted by Gasteiger charge is 2.23. The number of thiophene rings is 1. The van der Waals surface area contributed by atoms with Crippen molar-refractivity contribution in [3.05, 3.63) is 224 Å². The molecule has 2 nitrogen and oxygen atoms in total. The van der Waals surface area contributed by atoms with E-state index < -0.39 is 0 Å². The van der Waals surface area contributed by atoms with E-state index in [1.165, 1.54) is 58.8 Å². The van der Waals surface area contributed by atoms with E-state index in [1.54, 1.807) is 0 Å². The van der Waals surface area contributed by atoms with Gasteiger partial charge in [0, 0.05) is 58.9 Å². The van der Waals surface area contributed by atoms with Gasteiger partial charge < -0.3 is 9.32 Å². The summed E-state index contributed by atoms with van der Waals surface area (Å²) >= 11 is 1.87. The summed E-state index contributed by atoms with van der Waals surface area (Å²) in [7, 11) is 0. The highest BCUT2D eigenvalue weighted by Crippen LogP contribution is 2.49. The first-order valence-electron chi connectivity index (χ1n) is 20.8. The van der Waals surface area contributed by atoms with Gasteiger partial charge in [-0.2, -0.15) is 0 Å². The number of anilines is 3. The lowest BCUT2D eigenvalue weighted by Gasteiger charge is -2.30. The Morgan fingerprint density at radius 2 is 0.885 bits per heavy atom. The molecular formula is C58H37NOS. The first kappa shape index (κ1) is 35.2. The van der Waals surface area contributed by atoms with Gasteiger partial charge in [0.15, 0.2) is 0 Å². The fourth-order valence-electron chi connectivity index (χ4n) is 9.35. The van der Waals surface area contributed by atoms with E-state index in [-0.39, 0.29) is 0 Å². The number of rotatable bonds is 7. The molecule has 0 aliphatic rings. The maximum absolute atomic E-state index is 6.51. The molecule has 286 valence electrons. The smallest absolute Gasteiger partial charge is 0.143 e. The van der Waals surface area contributed by atoms with Crippen LogP contribution in [0.4, 0.5) is 17.1 Å². The molecule has 0 spiro atoms. The van der Waals surface area contributed by atoms with Crippen LogP contribution in [0.15, 0.2) is 229 Å². The lowest BCUT2D eigenvalue weighted by Crippen LogP contribution is -2.12. The van der Waals surface area contributed by atoms with E-state index in [0.717, 1.165) is 55.7 Å². The normalized spacial score (nSPS) is 11.6. The van der Waals surface area contributed by atoms with Crippen molar-refractivity contribution >= 4 is 81.3 Å². The van der Waals surface area contributed by atoms with Crippen LogP contribution in [0.1, 0.15) is 0 Å². The molecule has 0 unspecified atom stereocenters. The molecule has 10 aromatic carbocycles. The van der Waals surface area contributed by atoms with Crippen LogP contribution < -0.4 is 4.90 Å². The zero-order chi connectivity index (χ0) is 40.3. The average molecular weight is 796 g/mol. The highest BCUT2D eigenvalue weighted by atomic mass is 32.1. The lowest BCUT2D eigenvalue weighted by atomic mass is 9.90. The van der Waals surface area contributed by atoms with Gasteiger partial charge >= 0.3 is 0 Å². The SMILES string of the molecule is c1ccc(-c2cccc3cccc(-c4ccccc4N(c4ccc(-c5cccc6c5oc5ccccc56)cc4)c4ccccc4-c4cccc5c4sc4ccccc45)c23)cc1. The van der Waals surface area contributed by atoms with Gasteiger partial charge in [-0.1, -0.05) is 188 Å². The predicted octanol–water partition coefficient (Wildman–Crippen LogP) is 17.2. The van der Waals surface area contributed by atoms with Crippen molar-refractivity contribution in [2.45, 2.75) is 0 Å². The summed E-state index contributed by atoms with van der Waals surface area (Å²) in [5.74, 6) is 0. The molecule has 12 aromatic rings. The summed E-state index contributed by atoms with van der Waals surface area (Å²) in [6.07, 6.45) is 0. The quantitative estimate of drug-likeness (QED) is 0.160. The summed E-state index contributed by atoms with van der Waals surface area (Å²) in [4.78, 5) is 2.46. The van der Waals surface area contributed by atoms with E-state index in [4.69, 9.17) is 4.42 Å². The van der Waals surface area contributed by atoms with Gasteiger partial charge in [0.05, 0.1) is 11.4 Å². The van der Waals surface area contributed by atoms with Crippen molar-refractivity contribution in [1.29, 1.82) is 0 Å². The maximum atomic E-state index is 6.51. The second kappa shape index (κ2) is 14.5. The zero-order valence-electron chi connectivity index (χ0n) is 33.1. The van der Waals surface area contributed by atoms with Gasteiger partial charge in [-0.3, -0.25) is 0 Å². The van der Waals surface area contributed by atoms with Crippen LogP contribution in [0, 0.1) is 0 Å². The molecule has 0 fully saturated rings. The molecule has 2 aromatic heterocycles. The van der Waals surface area contributed by atoms with E-state index in [9.17, 15) is 0 Å². The Labute approximate surface area is 357 Å². The Hall–Kier alpha value is -7.72. The van der Waals surface area contributed by atoms with E-state index in [1.807, 2.05) is 23.5 Å². The van der Waals surface area contributed by atoms with Gasteiger partial charge in [-0.15, -0.1) is 11.3 Å². The first-order chi connectivity index (χ1) is 30.3. The molecule has 0 saturated carbocycles. The Kier molecular flexibility index (Phi) is 8.39. The molecule has 0 radical (unpaired) electrons. The van der Waals surface area contributed by atoms with Gasteiger partial charge in [0.1, 0.15) is 11.2 Å². The van der Waals surface area contributed by atoms with Crippen LogP contribution in [0.25, 0.3) is 97.4 Å². The van der Waals surface area contributed by atoms with Crippen molar-refractivity contribution < 1.29 is 4.42 Å². The molecule has 12 rings (SSSR count). The molecule has 0 atom stereocenters. The number of hydrogen-bond acceptors (Lipinski definition) is 3. The molecule has 0 amide bonds. The molecule has 0 N–H and O–H groups in total. The fraction of sp³-hybridized carbons (Fsp3) is 0. The second-order valence-corrected chi connectivity index (χ2v) is 16.6. The molecule has 61 heavy (non-hydrogen) atoms. The largest absolute Gasteiger partial charge is 0.455 e. The highest BCUT2D eigenvalue weighted by molar-refractivity contribution is 7.26. The number of benzene rings is 10. The Balaban J connectivity index is 1.09. The van der Waals surface area contributed by atoms with Crippen molar-refractivity contribution in [3.8, 4) is 44.5 Å². The van der Waals surface area contributed by atoms with E-state index >= 15 is 0 Å². The van der Waals surface area contributed by atoms with Crippen molar-refractivity contribution in [2.24, 2.45) is 0 Å². The standard InChI is InChI=1S/C58H37NOS/c1-2-16-38(17-3-1)42-24-12-18-40-19-13-26-48(56(40)42)44-20-4-8-30-52(44)59(41-36-34-39(35-37-41)43-25-14-27-49-46-22-6-10-32-54(46)60-57(43)49)53-31-9-5-21-45(53)50-28-15-29-51-47-23-7-11-33-55(47)61-58(50)51/h1-37H. The number of fused-ring (bicyclic) bond motifs is 7. The van der Waals surface area contributed by atoms with Crippen LogP contribution in [-0.4, -0.2) is 0 Å². The Morgan fingerprint density at radius 1 is 0.344 bits per heavy atom. The lowest BCUT2D eigenvalue weighted by molar-refractivity contribution is 0.670. The summed E-state index contributed by atoms with van der Waals surface area (Å²) < 4.78 is 9.10. The van der Waals surface area contributed by atoms with Gasteiger partial charge in [-0.25, -0.2) is 0 Å². The molecule has 0 aliphatic heterocycles. The van der Waals surface area contributed by atoms with Crippen molar-refractivity contribution in [2.75, 3.05) is 4.90 Å².